The van der Waals surface area contributed by atoms with Gasteiger partial charge in [-0.3, -0.25) is 4.79 Å². The van der Waals surface area contributed by atoms with E-state index in [0.717, 1.165) is 0 Å². The number of nitrogens with one attached hydrogen (secondary N) is 1. The number of nitrogens with zero attached hydrogens (tertiary/aromatic N) is 3. The number of halogens is 3. The Labute approximate surface area is 122 Å². The lowest BCUT2D eigenvalue weighted by molar-refractivity contribution is 0.102. The molecule has 19 heavy (non-hydrogen) atoms. The van der Waals surface area contributed by atoms with Gasteiger partial charge in [0.15, 0.2) is 11.0 Å². The molecule has 0 aromatic carbocycles. The lowest BCUT2D eigenvalue weighted by Crippen LogP contribution is -2.15. The zero-order chi connectivity index (χ0) is 14.0. The summed E-state index contributed by atoms with van der Waals surface area (Å²) >= 11 is 17.3. The Kier molecular flexibility index (Phi) is 4.04. The molecule has 0 unspecified atom stereocenters. The van der Waals surface area contributed by atoms with Crippen molar-refractivity contribution >= 4 is 52.2 Å². The van der Waals surface area contributed by atoms with Crippen LogP contribution < -0.4 is 11.1 Å². The van der Waals surface area contributed by atoms with Gasteiger partial charge in [-0.1, -0.05) is 34.8 Å². The number of carbonyl (C=O) groups is 1. The highest BCUT2D eigenvalue weighted by atomic mass is 35.5. The van der Waals surface area contributed by atoms with Crippen molar-refractivity contribution in [2.45, 2.75) is 0 Å². The van der Waals surface area contributed by atoms with Crippen LogP contribution in [0.15, 0.2) is 18.6 Å². The molecule has 0 aliphatic carbocycles. The number of nitrogen functional groups attached to an aromatic ring is 1. The second-order valence-electron chi connectivity index (χ2n) is 3.38. The van der Waals surface area contributed by atoms with Crippen LogP contribution >= 0.6 is 34.8 Å². The van der Waals surface area contributed by atoms with E-state index < -0.39 is 5.91 Å². The Morgan fingerprint density at radius 2 is 1.95 bits per heavy atom. The summed E-state index contributed by atoms with van der Waals surface area (Å²) in [6, 6.07) is 1.34. The van der Waals surface area contributed by atoms with Crippen molar-refractivity contribution in [2.75, 3.05) is 11.1 Å². The number of hydrogen-bond acceptors (Lipinski definition) is 5. The summed E-state index contributed by atoms with van der Waals surface area (Å²) in [5, 5.41) is 2.68. The van der Waals surface area contributed by atoms with Crippen LogP contribution in [0.25, 0.3) is 0 Å². The number of hydrogen-bond donors (Lipinski definition) is 2. The molecule has 2 rings (SSSR count). The standard InChI is InChI=1S/C10H6Cl3N5O/c11-6-1-4(5(14)2-15-6)10(19)18-9-7(12)8(13)16-3-17-9/h1-3H,14H2,(H,16,17,18,19). The fourth-order valence-corrected chi connectivity index (χ4v) is 1.68. The summed E-state index contributed by atoms with van der Waals surface area (Å²) in [6.07, 6.45) is 2.46. The molecule has 0 fully saturated rings. The predicted octanol–water partition coefficient (Wildman–Crippen LogP) is 2.67. The van der Waals surface area contributed by atoms with Crippen molar-refractivity contribution in [3.63, 3.8) is 0 Å². The van der Waals surface area contributed by atoms with Crippen LogP contribution in [0.5, 0.6) is 0 Å². The molecule has 2 aromatic heterocycles. The molecule has 2 heterocycles. The number of nitrogens with two attached hydrogens (primary N) is 1. The second-order valence-corrected chi connectivity index (χ2v) is 4.50. The van der Waals surface area contributed by atoms with E-state index in [1.54, 1.807) is 0 Å². The summed E-state index contributed by atoms with van der Waals surface area (Å²) in [4.78, 5) is 23.2. The largest absolute Gasteiger partial charge is 0.397 e. The Bertz CT molecular complexity index is 649. The summed E-state index contributed by atoms with van der Waals surface area (Å²) in [6.45, 7) is 0. The van der Waals surface area contributed by atoms with E-state index in [2.05, 4.69) is 20.3 Å². The first-order valence-electron chi connectivity index (χ1n) is 4.87. The third-order valence-corrected chi connectivity index (χ3v) is 3.07. The number of rotatable bonds is 2. The number of pyridine rings is 1. The number of aromatic nitrogens is 3. The zero-order valence-electron chi connectivity index (χ0n) is 9.19. The minimum atomic E-state index is -0.529. The van der Waals surface area contributed by atoms with Crippen molar-refractivity contribution in [1.29, 1.82) is 0 Å². The highest BCUT2D eigenvalue weighted by Gasteiger charge is 2.15. The maximum absolute atomic E-state index is 12.0. The van der Waals surface area contributed by atoms with E-state index in [1.165, 1.54) is 18.6 Å². The molecule has 6 nitrogen and oxygen atoms in total. The smallest absolute Gasteiger partial charge is 0.259 e. The number of anilines is 2. The number of carbonyl (C=O) groups excluding carboxylic acids is 1. The molecule has 0 saturated carbocycles. The van der Waals surface area contributed by atoms with Gasteiger partial charge in [0.2, 0.25) is 0 Å². The fourth-order valence-electron chi connectivity index (χ4n) is 1.25. The van der Waals surface area contributed by atoms with Gasteiger partial charge in [0.25, 0.3) is 5.91 Å². The maximum Gasteiger partial charge on any atom is 0.259 e. The van der Waals surface area contributed by atoms with Gasteiger partial charge in [0.1, 0.15) is 16.5 Å². The van der Waals surface area contributed by atoms with Crippen LogP contribution in [0.3, 0.4) is 0 Å². The van der Waals surface area contributed by atoms with Gasteiger partial charge in [-0.25, -0.2) is 15.0 Å². The van der Waals surface area contributed by atoms with E-state index in [1.807, 2.05) is 0 Å². The van der Waals surface area contributed by atoms with E-state index >= 15 is 0 Å². The lowest BCUT2D eigenvalue weighted by atomic mass is 10.2. The molecule has 0 aliphatic rings. The molecule has 0 bridgehead atoms. The lowest BCUT2D eigenvalue weighted by Gasteiger charge is -2.08. The van der Waals surface area contributed by atoms with Crippen molar-refractivity contribution in [2.24, 2.45) is 0 Å². The molecule has 0 aliphatic heterocycles. The summed E-state index contributed by atoms with van der Waals surface area (Å²) in [7, 11) is 0. The minimum absolute atomic E-state index is 0.0349. The molecule has 2 aromatic rings. The molecule has 0 radical (unpaired) electrons. The first kappa shape index (κ1) is 13.8. The molecular formula is C10H6Cl3N5O. The van der Waals surface area contributed by atoms with E-state index in [9.17, 15) is 4.79 Å². The molecular weight excluding hydrogens is 313 g/mol. The molecule has 0 saturated heterocycles. The van der Waals surface area contributed by atoms with Crippen molar-refractivity contribution in [3.05, 3.63) is 39.5 Å². The predicted molar refractivity (Wildman–Crippen MR) is 73.7 cm³/mol. The van der Waals surface area contributed by atoms with Crippen LogP contribution in [0.4, 0.5) is 11.5 Å². The first-order valence-corrected chi connectivity index (χ1v) is 6.01. The third kappa shape index (κ3) is 3.04. The van der Waals surface area contributed by atoms with Gasteiger partial charge in [-0.2, -0.15) is 0 Å². The maximum atomic E-state index is 12.0. The highest BCUT2D eigenvalue weighted by molar-refractivity contribution is 6.43. The molecule has 0 atom stereocenters. The van der Waals surface area contributed by atoms with Crippen molar-refractivity contribution in [1.82, 2.24) is 15.0 Å². The molecule has 98 valence electrons. The van der Waals surface area contributed by atoms with Gasteiger partial charge < -0.3 is 11.1 Å². The Morgan fingerprint density at radius 3 is 2.68 bits per heavy atom. The Hall–Kier alpha value is -1.63. The van der Waals surface area contributed by atoms with Crippen molar-refractivity contribution in [3.8, 4) is 0 Å². The minimum Gasteiger partial charge on any atom is -0.397 e. The molecule has 9 heteroatoms. The fraction of sp³-hybridized carbons (Fsp3) is 0. The molecule has 3 N–H and O–H groups in total. The third-order valence-electron chi connectivity index (χ3n) is 2.12. The topological polar surface area (TPSA) is 93.8 Å². The monoisotopic (exact) mass is 317 g/mol. The normalized spacial score (nSPS) is 10.3. The van der Waals surface area contributed by atoms with Gasteiger partial charge in [-0.05, 0) is 6.07 Å². The summed E-state index contributed by atoms with van der Waals surface area (Å²) in [5.41, 5.74) is 5.98. The average Bonchev–Trinajstić information content (AvgIpc) is 2.38. The number of amides is 1. The zero-order valence-corrected chi connectivity index (χ0v) is 11.5. The van der Waals surface area contributed by atoms with Gasteiger partial charge in [0.05, 0.1) is 17.4 Å². The van der Waals surface area contributed by atoms with Gasteiger partial charge in [0, 0.05) is 0 Å². The van der Waals surface area contributed by atoms with Crippen LogP contribution in [-0.4, -0.2) is 20.9 Å². The second kappa shape index (κ2) is 5.56. The van der Waals surface area contributed by atoms with Gasteiger partial charge >= 0.3 is 0 Å². The van der Waals surface area contributed by atoms with Crippen LogP contribution in [0, 0.1) is 0 Å². The van der Waals surface area contributed by atoms with E-state index in [4.69, 9.17) is 40.5 Å². The van der Waals surface area contributed by atoms with Crippen LogP contribution in [0.2, 0.25) is 15.3 Å². The quantitative estimate of drug-likeness (QED) is 0.656. The Morgan fingerprint density at radius 1 is 1.21 bits per heavy atom. The van der Waals surface area contributed by atoms with Gasteiger partial charge in [-0.15, -0.1) is 0 Å². The molecule has 0 spiro atoms. The highest BCUT2D eigenvalue weighted by Crippen LogP contribution is 2.26. The van der Waals surface area contributed by atoms with Crippen molar-refractivity contribution < 1.29 is 4.79 Å². The van der Waals surface area contributed by atoms with Crippen LogP contribution in [0.1, 0.15) is 10.4 Å². The first-order chi connectivity index (χ1) is 8.99. The molecule has 1 amide bonds. The SMILES string of the molecule is Nc1cnc(Cl)cc1C(=O)Nc1ncnc(Cl)c1Cl. The van der Waals surface area contributed by atoms with E-state index in [0.29, 0.717) is 0 Å². The average molecular weight is 319 g/mol. The van der Waals surface area contributed by atoms with Crippen LogP contribution in [-0.2, 0) is 0 Å². The summed E-state index contributed by atoms with van der Waals surface area (Å²) < 4.78 is 0. The summed E-state index contributed by atoms with van der Waals surface area (Å²) in [5.74, 6) is -0.447. The Balaban J connectivity index is 2.31. The van der Waals surface area contributed by atoms with E-state index in [-0.39, 0.29) is 32.4 Å².